The zero-order chi connectivity index (χ0) is 10.5. The molecule has 0 atom stereocenters. The number of hydrogen-bond donors (Lipinski definition) is 1. The van der Waals surface area contributed by atoms with Gasteiger partial charge in [0, 0.05) is 6.07 Å². The van der Waals surface area contributed by atoms with Crippen molar-refractivity contribution in [1.29, 1.82) is 0 Å². The molecule has 0 unspecified atom stereocenters. The minimum absolute atomic E-state index is 0.0259. The Morgan fingerprint density at radius 3 is 2.80 bits per heavy atom. The lowest BCUT2D eigenvalue weighted by Crippen LogP contribution is -2.20. The molecule has 0 aliphatic heterocycles. The highest BCUT2D eigenvalue weighted by molar-refractivity contribution is 5.15. The molecule has 0 bridgehead atoms. The molecular weight excluding hydrogens is 190 g/mol. The summed E-state index contributed by atoms with van der Waals surface area (Å²) in [5, 5.41) is 8.95. The van der Waals surface area contributed by atoms with Crippen molar-refractivity contribution in [1.82, 2.24) is 4.98 Å². The highest BCUT2D eigenvalue weighted by Crippen LogP contribution is 2.22. The maximum atomic E-state index is 8.95. The van der Waals surface area contributed by atoms with Crippen molar-refractivity contribution in [2.45, 2.75) is 44.8 Å². The van der Waals surface area contributed by atoms with Gasteiger partial charge in [-0.3, -0.25) is 0 Å². The van der Waals surface area contributed by atoms with E-state index in [9.17, 15) is 0 Å². The fraction of sp³-hybridized carbons (Fsp3) is 0.583. The van der Waals surface area contributed by atoms with Crippen molar-refractivity contribution in [3.05, 3.63) is 23.9 Å². The second-order valence-electron chi connectivity index (χ2n) is 4.00. The third kappa shape index (κ3) is 2.93. The van der Waals surface area contributed by atoms with Gasteiger partial charge in [0.1, 0.15) is 6.10 Å². The van der Waals surface area contributed by atoms with E-state index in [1.54, 1.807) is 6.07 Å². The van der Waals surface area contributed by atoms with Crippen LogP contribution >= 0.6 is 0 Å². The number of aliphatic hydroxyl groups excluding tert-OH is 1. The first-order valence-electron chi connectivity index (χ1n) is 5.62. The summed E-state index contributed by atoms with van der Waals surface area (Å²) < 4.78 is 5.78. The second-order valence-corrected chi connectivity index (χ2v) is 4.00. The van der Waals surface area contributed by atoms with Crippen LogP contribution in [0, 0.1) is 0 Å². The maximum absolute atomic E-state index is 8.95. The molecule has 0 amide bonds. The Kier molecular flexibility index (Phi) is 3.56. The second kappa shape index (κ2) is 5.12. The first-order chi connectivity index (χ1) is 7.38. The number of hydrogen-bond acceptors (Lipinski definition) is 3. The average Bonchev–Trinajstić information content (AvgIpc) is 2.31. The summed E-state index contributed by atoms with van der Waals surface area (Å²) in [6.45, 7) is -0.0259. The van der Waals surface area contributed by atoms with Gasteiger partial charge in [0.25, 0.3) is 0 Å². The molecule has 1 aromatic rings. The molecular formula is C12H17NO2. The smallest absolute Gasteiger partial charge is 0.213 e. The van der Waals surface area contributed by atoms with E-state index < -0.39 is 0 Å². The van der Waals surface area contributed by atoms with E-state index in [1.165, 1.54) is 19.3 Å². The number of aromatic nitrogens is 1. The van der Waals surface area contributed by atoms with Gasteiger partial charge < -0.3 is 9.84 Å². The summed E-state index contributed by atoms with van der Waals surface area (Å²) in [6.07, 6.45) is 6.41. The van der Waals surface area contributed by atoms with Crippen LogP contribution in [-0.2, 0) is 6.61 Å². The fourth-order valence-electron chi connectivity index (χ4n) is 1.97. The number of rotatable bonds is 3. The summed E-state index contributed by atoms with van der Waals surface area (Å²) in [5.74, 6) is 0.647. The van der Waals surface area contributed by atoms with Crippen molar-refractivity contribution in [2.75, 3.05) is 0 Å². The molecule has 1 heterocycles. The van der Waals surface area contributed by atoms with Gasteiger partial charge in [-0.2, -0.15) is 0 Å². The van der Waals surface area contributed by atoms with Crippen molar-refractivity contribution >= 4 is 0 Å². The van der Waals surface area contributed by atoms with Gasteiger partial charge in [0.2, 0.25) is 5.88 Å². The molecule has 0 radical (unpaired) electrons. The number of nitrogens with zero attached hydrogens (tertiary/aromatic N) is 1. The first-order valence-corrected chi connectivity index (χ1v) is 5.62. The van der Waals surface area contributed by atoms with Crippen LogP contribution in [0.1, 0.15) is 37.8 Å². The number of aliphatic hydroxyl groups is 1. The van der Waals surface area contributed by atoms with Crippen LogP contribution in [0.4, 0.5) is 0 Å². The molecule has 0 aromatic carbocycles. The lowest BCUT2D eigenvalue weighted by atomic mass is 9.98. The Morgan fingerprint density at radius 1 is 1.27 bits per heavy atom. The largest absolute Gasteiger partial charge is 0.474 e. The van der Waals surface area contributed by atoms with E-state index in [2.05, 4.69) is 4.98 Å². The predicted molar refractivity (Wildman–Crippen MR) is 57.7 cm³/mol. The molecule has 15 heavy (non-hydrogen) atoms. The molecule has 1 aliphatic rings. The van der Waals surface area contributed by atoms with Gasteiger partial charge in [-0.15, -0.1) is 0 Å². The van der Waals surface area contributed by atoms with Crippen LogP contribution in [0.2, 0.25) is 0 Å². The summed E-state index contributed by atoms with van der Waals surface area (Å²) >= 11 is 0. The lowest BCUT2D eigenvalue weighted by Gasteiger charge is -2.22. The van der Waals surface area contributed by atoms with Crippen LogP contribution in [0.15, 0.2) is 18.2 Å². The van der Waals surface area contributed by atoms with Crippen LogP contribution in [0.3, 0.4) is 0 Å². The van der Waals surface area contributed by atoms with E-state index in [0.29, 0.717) is 17.7 Å². The molecule has 82 valence electrons. The van der Waals surface area contributed by atoms with E-state index in [-0.39, 0.29) is 6.61 Å². The third-order valence-electron chi connectivity index (χ3n) is 2.78. The van der Waals surface area contributed by atoms with Gasteiger partial charge in [-0.25, -0.2) is 4.98 Å². The summed E-state index contributed by atoms with van der Waals surface area (Å²) in [7, 11) is 0. The Balaban J connectivity index is 1.96. The number of pyridine rings is 1. The molecule has 3 nitrogen and oxygen atoms in total. The van der Waals surface area contributed by atoms with E-state index in [1.807, 2.05) is 12.1 Å². The monoisotopic (exact) mass is 207 g/mol. The molecule has 1 fully saturated rings. The zero-order valence-corrected chi connectivity index (χ0v) is 8.85. The molecule has 1 aromatic heterocycles. The van der Waals surface area contributed by atoms with Crippen LogP contribution in [0.25, 0.3) is 0 Å². The zero-order valence-electron chi connectivity index (χ0n) is 8.85. The first kappa shape index (κ1) is 10.4. The number of ether oxygens (including phenoxy) is 1. The molecule has 3 heteroatoms. The van der Waals surface area contributed by atoms with Gasteiger partial charge >= 0.3 is 0 Å². The lowest BCUT2D eigenvalue weighted by molar-refractivity contribution is 0.147. The van der Waals surface area contributed by atoms with Gasteiger partial charge in [-0.1, -0.05) is 12.5 Å². The minimum Gasteiger partial charge on any atom is -0.474 e. The van der Waals surface area contributed by atoms with Gasteiger partial charge in [0.15, 0.2) is 0 Å². The third-order valence-corrected chi connectivity index (χ3v) is 2.78. The van der Waals surface area contributed by atoms with Crippen molar-refractivity contribution in [2.24, 2.45) is 0 Å². The topological polar surface area (TPSA) is 42.4 Å². The Bertz CT molecular complexity index is 308. The summed E-state index contributed by atoms with van der Waals surface area (Å²) in [4.78, 5) is 4.21. The Hall–Kier alpha value is -1.09. The quantitative estimate of drug-likeness (QED) is 0.826. The molecule has 2 rings (SSSR count). The standard InChI is InChI=1S/C12H17NO2/c14-9-10-5-4-8-12(13-10)15-11-6-2-1-3-7-11/h4-5,8,11,14H,1-3,6-7,9H2. The molecule has 1 saturated carbocycles. The minimum atomic E-state index is -0.0259. The molecule has 0 saturated heterocycles. The highest BCUT2D eigenvalue weighted by atomic mass is 16.5. The predicted octanol–water partition coefficient (Wildman–Crippen LogP) is 2.29. The summed E-state index contributed by atoms with van der Waals surface area (Å²) in [5.41, 5.74) is 0.670. The van der Waals surface area contributed by atoms with Gasteiger partial charge in [-0.05, 0) is 31.7 Å². The van der Waals surface area contributed by atoms with Crippen LogP contribution in [0.5, 0.6) is 5.88 Å². The summed E-state index contributed by atoms with van der Waals surface area (Å²) in [6, 6.07) is 5.53. The SMILES string of the molecule is OCc1cccc(OC2CCCCC2)n1. The molecule has 1 aliphatic carbocycles. The highest BCUT2D eigenvalue weighted by Gasteiger charge is 2.15. The Labute approximate surface area is 90.1 Å². The Morgan fingerprint density at radius 2 is 2.07 bits per heavy atom. The van der Waals surface area contributed by atoms with Crippen LogP contribution < -0.4 is 4.74 Å². The van der Waals surface area contributed by atoms with Crippen molar-refractivity contribution in [3.63, 3.8) is 0 Å². The van der Waals surface area contributed by atoms with E-state index >= 15 is 0 Å². The fourth-order valence-corrected chi connectivity index (χ4v) is 1.97. The van der Waals surface area contributed by atoms with E-state index in [4.69, 9.17) is 9.84 Å². The average molecular weight is 207 g/mol. The molecule has 1 N–H and O–H groups in total. The molecule has 0 spiro atoms. The van der Waals surface area contributed by atoms with E-state index in [0.717, 1.165) is 12.8 Å². The van der Waals surface area contributed by atoms with Crippen LogP contribution in [-0.4, -0.2) is 16.2 Å². The van der Waals surface area contributed by atoms with Gasteiger partial charge in [0.05, 0.1) is 12.3 Å². The van der Waals surface area contributed by atoms with Crippen molar-refractivity contribution < 1.29 is 9.84 Å². The normalized spacial score (nSPS) is 17.7. The maximum Gasteiger partial charge on any atom is 0.213 e. The van der Waals surface area contributed by atoms with Crippen molar-refractivity contribution in [3.8, 4) is 5.88 Å².